The van der Waals surface area contributed by atoms with E-state index in [4.69, 9.17) is 0 Å². The maximum Gasteiger partial charge on any atom is 0.212 e. The molecule has 128 valence electrons. The molecule has 0 radical (unpaired) electrons. The lowest BCUT2D eigenvalue weighted by atomic mass is 10.0. The van der Waals surface area contributed by atoms with Gasteiger partial charge in [-0.2, -0.15) is 0 Å². The highest BCUT2D eigenvalue weighted by atomic mass is 79.9. The minimum Gasteiger partial charge on any atom is -0.299 e. The SMILES string of the molecule is O=C1C=C2CN(CCCC(=O)C(Br)c3ccccc3F)CCC2S1. The van der Waals surface area contributed by atoms with Crippen molar-refractivity contribution in [1.29, 1.82) is 0 Å². The van der Waals surface area contributed by atoms with Crippen molar-refractivity contribution in [3.05, 3.63) is 47.3 Å². The van der Waals surface area contributed by atoms with Gasteiger partial charge in [0.1, 0.15) is 10.6 Å². The number of alkyl halides is 1. The van der Waals surface area contributed by atoms with Crippen molar-refractivity contribution >= 4 is 38.6 Å². The molecule has 0 bridgehead atoms. The number of fused-ring (bicyclic) bond motifs is 1. The van der Waals surface area contributed by atoms with Gasteiger partial charge in [0.05, 0.1) is 0 Å². The van der Waals surface area contributed by atoms with Crippen LogP contribution in [0, 0.1) is 5.82 Å². The molecule has 1 aromatic rings. The lowest BCUT2D eigenvalue weighted by molar-refractivity contribution is -0.118. The quantitative estimate of drug-likeness (QED) is 0.665. The van der Waals surface area contributed by atoms with Gasteiger partial charge in [-0.15, -0.1) is 0 Å². The number of hydrogen-bond donors (Lipinski definition) is 0. The molecule has 3 nitrogen and oxygen atoms in total. The number of carbonyl (C=O) groups is 2. The second-order valence-electron chi connectivity index (χ2n) is 6.16. The third kappa shape index (κ3) is 4.16. The van der Waals surface area contributed by atoms with Crippen LogP contribution >= 0.6 is 27.7 Å². The number of piperidine rings is 1. The summed E-state index contributed by atoms with van der Waals surface area (Å²) < 4.78 is 13.7. The van der Waals surface area contributed by atoms with E-state index in [1.807, 2.05) is 0 Å². The number of benzene rings is 1. The van der Waals surface area contributed by atoms with Crippen molar-refractivity contribution in [1.82, 2.24) is 4.90 Å². The van der Waals surface area contributed by atoms with Gasteiger partial charge in [0.2, 0.25) is 5.12 Å². The number of Topliss-reactive ketones (excluding diaryl/α,β-unsaturated/α-hetero) is 1. The predicted octanol–water partition coefficient (Wildman–Crippen LogP) is 3.89. The molecule has 24 heavy (non-hydrogen) atoms. The van der Waals surface area contributed by atoms with Crippen LogP contribution in [0.5, 0.6) is 0 Å². The van der Waals surface area contributed by atoms with Gasteiger partial charge in [-0.25, -0.2) is 4.39 Å². The first kappa shape index (κ1) is 17.8. The predicted molar refractivity (Wildman–Crippen MR) is 97.8 cm³/mol. The Morgan fingerprint density at radius 3 is 3.00 bits per heavy atom. The number of ketones is 1. The fourth-order valence-electron chi connectivity index (χ4n) is 3.17. The monoisotopic (exact) mass is 411 g/mol. The average molecular weight is 412 g/mol. The van der Waals surface area contributed by atoms with Crippen molar-refractivity contribution in [2.45, 2.75) is 29.3 Å². The Morgan fingerprint density at radius 2 is 2.21 bits per heavy atom. The Balaban J connectivity index is 1.46. The van der Waals surface area contributed by atoms with Crippen LogP contribution in [-0.4, -0.2) is 40.7 Å². The third-order valence-corrected chi connectivity index (χ3v) is 6.62. The summed E-state index contributed by atoms with van der Waals surface area (Å²) in [4.78, 5) is 25.4. The van der Waals surface area contributed by atoms with Crippen LogP contribution in [0.15, 0.2) is 35.9 Å². The molecular weight excluding hydrogens is 393 g/mol. The van der Waals surface area contributed by atoms with Gasteiger partial charge in [0, 0.05) is 23.8 Å². The lowest BCUT2D eigenvalue weighted by Crippen LogP contribution is -2.36. The van der Waals surface area contributed by atoms with E-state index in [9.17, 15) is 14.0 Å². The summed E-state index contributed by atoms with van der Waals surface area (Å²) in [7, 11) is 0. The molecule has 0 spiro atoms. The number of likely N-dealkylation sites (tertiary alicyclic amines) is 1. The summed E-state index contributed by atoms with van der Waals surface area (Å²) in [5.74, 6) is -0.356. The van der Waals surface area contributed by atoms with Gasteiger partial charge in [0.15, 0.2) is 5.78 Å². The second kappa shape index (κ2) is 7.93. The van der Waals surface area contributed by atoms with E-state index in [0.717, 1.165) is 32.5 Å². The molecule has 1 saturated heterocycles. The zero-order chi connectivity index (χ0) is 17.1. The maximum atomic E-state index is 13.7. The molecule has 0 aromatic heterocycles. The van der Waals surface area contributed by atoms with Crippen LogP contribution in [0.4, 0.5) is 4.39 Å². The van der Waals surface area contributed by atoms with Crippen molar-refractivity contribution in [3.8, 4) is 0 Å². The molecule has 0 N–H and O–H groups in total. The molecule has 0 amide bonds. The van der Waals surface area contributed by atoms with E-state index in [1.54, 1.807) is 24.3 Å². The minimum atomic E-state index is -0.587. The summed E-state index contributed by atoms with van der Waals surface area (Å²) in [5.41, 5.74) is 1.61. The van der Waals surface area contributed by atoms with Gasteiger partial charge >= 0.3 is 0 Å². The number of rotatable bonds is 6. The van der Waals surface area contributed by atoms with E-state index in [1.165, 1.54) is 23.4 Å². The van der Waals surface area contributed by atoms with E-state index < -0.39 is 4.83 Å². The first-order valence-corrected chi connectivity index (χ1v) is 9.89. The molecule has 0 aliphatic carbocycles. The van der Waals surface area contributed by atoms with Crippen molar-refractivity contribution in [2.75, 3.05) is 19.6 Å². The Hall–Kier alpha value is -0.980. The zero-order valence-corrected chi connectivity index (χ0v) is 15.6. The van der Waals surface area contributed by atoms with Crippen LogP contribution in [0.3, 0.4) is 0 Å². The molecule has 1 fully saturated rings. The van der Waals surface area contributed by atoms with E-state index >= 15 is 0 Å². The number of nitrogens with zero attached hydrogens (tertiary/aromatic N) is 1. The molecule has 2 heterocycles. The summed E-state index contributed by atoms with van der Waals surface area (Å²) in [5, 5.41) is 0.530. The summed E-state index contributed by atoms with van der Waals surface area (Å²) >= 11 is 4.75. The fourth-order valence-corrected chi connectivity index (χ4v) is 4.79. The number of thioether (sulfide) groups is 1. The van der Waals surface area contributed by atoms with Crippen LogP contribution in [0.25, 0.3) is 0 Å². The van der Waals surface area contributed by atoms with E-state index in [0.29, 0.717) is 17.2 Å². The summed E-state index contributed by atoms with van der Waals surface area (Å²) in [6.45, 7) is 2.61. The van der Waals surface area contributed by atoms with Gasteiger partial charge in [-0.1, -0.05) is 45.9 Å². The van der Waals surface area contributed by atoms with Crippen LogP contribution in [-0.2, 0) is 9.59 Å². The minimum absolute atomic E-state index is 0.000742. The van der Waals surface area contributed by atoms with Crippen molar-refractivity contribution in [2.24, 2.45) is 0 Å². The maximum absolute atomic E-state index is 13.7. The standard InChI is InChI=1S/C18H19BrFNO2S/c19-18(13-4-1-2-5-14(13)20)15(22)6-3-8-21-9-7-16-12(11-21)10-17(23)24-16/h1-2,4-5,10,16,18H,3,6-9,11H2. The topological polar surface area (TPSA) is 37.4 Å². The normalized spacial score (nSPS) is 22.2. The molecule has 1 aromatic carbocycles. The van der Waals surface area contributed by atoms with Crippen LogP contribution < -0.4 is 0 Å². The number of hydrogen-bond acceptors (Lipinski definition) is 4. The smallest absolute Gasteiger partial charge is 0.212 e. The Morgan fingerprint density at radius 1 is 1.42 bits per heavy atom. The molecule has 2 atom stereocenters. The average Bonchev–Trinajstić information content (AvgIpc) is 2.94. The summed E-state index contributed by atoms with van der Waals surface area (Å²) in [6, 6.07) is 6.36. The van der Waals surface area contributed by atoms with E-state index in [-0.39, 0.29) is 16.7 Å². The molecule has 3 rings (SSSR count). The second-order valence-corrected chi connectivity index (χ2v) is 8.29. The van der Waals surface area contributed by atoms with Crippen LogP contribution in [0.2, 0.25) is 0 Å². The van der Waals surface area contributed by atoms with Gasteiger partial charge in [0.25, 0.3) is 0 Å². The van der Waals surface area contributed by atoms with Crippen molar-refractivity contribution < 1.29 is 14.0 Å². The largest absolute Gasteiger partial charge is 0.299 e. The van der Waals surface area contributed by atoms with Gasteiger partial charge in [-0.05, 0) is 43.6 Å². The van der Waals surface area contributed by atoms with Gasteiger partial charge < -0.3 is 0 Å². The molecule has 2 aliphatic rings. The molecule has 2 unspecified atom stereocenters. The number of halogens is 2. The Bertz CT molecular complexity index is 679. The molecule has 2 aliphatic heterocycles. The van der Waals surface area contributed by atoms with Crippen LogP contribution in [0.1, 0.15) is 29.7 Å². The third-order valence-electron chi connectivity index (χ3n) is 4.45. The molecule has 0 saturated carbocycles. The Labute approximate surface area is 153 Å². The first-order valence-electron chi connectivity index (χ1n) is 8.09. The van der Waals surface area contributed by atoms with E-state index in [2.05, 4.69) is 20.8 Å². The highest BCUT2D eigenvalue weighted by molar-refractivity contribution is 9.09. The molecular formula is C18H19BrFNO2S. The highest BCUT2D eigenvalue weighted by Gasteiger charge is 2.30. The molecule has 6 heteroatoms. The Kier molecular flexibility index (Phi) is 5.89. The zero-order valence-electron chi connectivity index (χ0n) is 13.2. The summed E-state index contributed by atoms with van der Waals surface area (Å²) in [6.07, 6.45) is 3.91. The highest BCUT2D eigenvalue weighted by Crippen LogP contribution is 2.34. The first-order chi connectivity index (χ1) is 11.5. The van der Waals surface area contributed by atoms with Gasteiger partial charge in [-0.3, -0.25) is 14.5 Å². The fraction of sp³-hybridized carbons (Fsp3) is 0.444. The lowest BCUT2D eigenvalue weighted by Gasteiger charge is -2.31. The van der Waals surface area contributed by atoms with Crippen molar-refractivity contribution in [3.63, 3.8) is 0 Å². The number of carbonyl (C=O) groups excluding carboxylic acids is 2.